The van der Waals surface area contributed by atoms with Gasteiger partial charge in [0.05, 0.1) is 24.7 Å². The standard InChI is InChI=1S/C31H37N7O4.C23H24N2O/c1-3-13-24(32)28(30(41)34-20-25(39)35-27(29(40)33-2)23-18-11-6-12-19-23)37-38-31(42)36-26(21-14-7-4-8-15-21)22-16-9-5-10-17-22;1-16-8-12-19(13-9-16)22(20-14-10-17(2)11-15-20)25-23(26)21(24)18-6-4-3-5-7-18/h4-12,14-19,24,26-27H,3,13,20,32H2,1-2H3,(H,33,40)(H,34,41)(H,35,39)(H2,36,38,42);3-15,21-22H,24H2,1-2H3,(H,25,26)/b37-28-;. The van der Waals surface area contributed by atoms with E-state index in [-0.39, 0.29) is 17.7 Å². The van der Waals surface area contributed by atoms with Crippen LogP contribution in [0.3, 0.4) is 0 Å². The van der Waals surface area contributed by atoms with Gasteiger partial charge < -0.3 is 38.1 Å². The van der Waals surface area contributed by atoms with Gasteiger partial charge in [0.15, 0.2) is 0 Å². The van der Waals surface area contributed by atoms with Crippen LogP contribution in [0.4, 0.5) is 4.79 Å². The van der Waals surface area contributed by atoms with Crippen molar-refractivity contribution in [3.05, 3.63) is 214 Å². The highest BCUT2D eigenvalue weighted by molar-refractivity contribution is 6.41. The van der Waals surface area contributed by atoms with Crippen LogP contribution >= 0.6 is 0 Å². The largest absolute Gasteiger partial charge is 0.357 e. The molecular weight excluding hydrogens is 855 g/mol. The molecule has 0 saturated carbocycles. The van der Waals surface area contributed by atoms with Gasteiger partial charge in [-0.2, -0.15) is 5.10 Å². The lowest BCUT2D eigenvalue weighted by Crippen LogP contribution is -2.48. The predicted molar refractivity (Wildman–Crippen MR) is 267 cm³/mol. The van der Waals surface area contributed by atoms with Crippen molar-refractivity contribution in [2.75, 3.05) is 13.6 Å². The number of likely N-dealkylation sites (N-methyl/N-ethyl adjacent to an activating group) is 1. The first-order chi connectivity index (χ1) is 32.9. The first-order valence-corrected chi connectivity index (χ1v) is 22.5. The Morgan fingerprint density at radius 3 is 1.41 bits per heavy atom. The highest BCUT2D eigenvalue weighted by Gasteiger charge is 2.25. The fraction of sp³-hybridized carbons (Fsp3) is 0.222. The fourth-order valence-electron chi connectivity index (χ4n) is 7.15. The van der Waals surface area contributed by atoms with E-state index < -0.39 is 54.5 Å². The van der Waals surface area contributed by atoms with Crippen LogP contribution in [-0.2, 0) is 19.2 Å². The quantitative estimate of drug-likeness (QED) is 0.0354. The average molecular weight is 916 g/mol. The molecule has 68 heavy (non-hydrogen) atoms. The normalized spacial score (nSPS) is 12.3. The minimum atomic E-state index is -0.941. The molecule has 0 aliphatic carbocycles. The molecule has 0 aromatic heterocycles. The second kappa shape index (κ2) is 26.3. The number of nitrogens with zero attached hydrogens (tertiary/aromatic N) is 1. The molecule has 0 aliphatic heterocycles. The Morgan fingerprint density at radius 1 is 0.529 bits per heavy atom. The molecule has 14 heteroatoms. The van der Waals surface area contributed by atoms with Crippen molar-refractivity contribution < 1.29 is 24.0 Å². The summed E-state index contributed by atoms with van der Waals surface area (Å²) >= 11 is 0. The molecule has 6 amide bonds. The zero-order valence-electron chi connectivity index (χ0n) is 38.8. The number of urea groups is 1. The van der Waals surface area contributed by atoms with Crippen molar-refractivity contribution >= 4 is 35.4 Å². The second-order valence-electron chi connectivity index (χ2n) is 16.1. The number of carbonyl (C=O) groups is 5. The van der Waals surface area contributed by atoms with Crippen molar-refractivity contribution in [1.29, 1.82) is 0 Å². The maximum Gasteiger partial charge on any atom is 0.335 e. The van der Waals surface area contributed by atoms with Gasteiger partial charge in [0.1, 0.15) is 17.8 Å². The van der Waals surface area contributed by atoms with E-state index in [9.17, 15) is 24.0 Å². The van der Waals surface area contributed by atoms with Crippen LogP contribution in [0.1, 0.15) is 88.4 Å². The number of hydrogen-bond donors (Lipinski definition) is 8. The summed E-state index contributed by atoms with van der Waals surface area (Å²) in [6.07, 6.45) is 1.08. The summed E-state index contributed by atoms with van der Waals surface area (Å²) in [6, 6.07) is 49.7. The number of nitrogens with one attached hydrogen (secondary N) is 6. The monoisotopic (exact) mass is 915 g/mol. The summed E-state index contributed by atoms with van der Waals surface area (Å²) < 4.78 is 0. The summed E-state index contributed by atoms with van der Waals surface area (Å²) in [7, 11) is 1.47. The molecule has 3 unspecified atom stereocenters. The molecule has 6 aromatic carbocycles. The highest BCUT2D eigenvalue weighted by atomic mass is 16.2. The van der Waals surface area contributed by atoms with Crippen LogP contribution in [0.2, 0.25) is 0 Å². The number of amides is 6. The van der Waals surface area contributed by atoms with E-state index in [2.05, 4.69) is 75.2 Å². The third kappa shape index (κ3) is 15.3. The summed E-state index contributed by atoms with van der Waals surface area (Å²) in [6.45, 7) is 5.56. The Morgan fingerprint density at radius 2 is 0.956 bits per heavy atom. The van der Waals surface area contributed by atoms with Gasteiger partial charge in [-0.25, -0.2) is 10.2 Å². The lowest BCUT2D eigenvalue weighted by Gasteiger charge is -2.22. The summed E-state index contributed by atoms with van der Waals surface area (Å²) in [5.41, 5.74) is 22.2. The highest BCUT2D eigenvalue weighted by Crippen LogP contribution is 2.25. The third-order valence-electron chi connectivity index (χ3n) is 10.9. The molecule has 6 aromatic rings. The van der Waals surface area contributed by atoms with E-state index in [1.54, 1.807) is 30.3 Å². The van der Waals surface area contributed by atoms with E-state index in [0.717, 1.165) is 27.8 Å². The third-order valence-corrected chi connectivity index (χ3v) is 10.9. The average Bonchev–Trinajstić information content (AvgIpc) is 3.37. The molecule has 0 saturated heterocycles. The molecular formula is C54H61N9O5. The number of aryl methyl sites for hydroxylation is 2. The van der Waals surface area contributed by atoms with Crippen molar-refractivity contribution in [1.82, 2.24) is 32.0 Å². The van der Waals surface area contributed by atoms with Crippen molar-refractivity contribution in [3.63, 3.8) is 0 Å². The molecule has 0 spiro atoms. The van der Waals surface area contributed by atoms with Crippen LogP contribution in [0, 0.1) is 13.8 Å². The lowest BCUT2D eigenvalue weighted by atomic mass is 9.96. The Hall–Kier alpha value is -7.94. The summed E-state index contributed by atoms with van der Waals surface area (Å²) in [5, 5.41) is 17.7. The SMILES string of the molecule is CCCC(N)/C(=N/NC(=O)NC(c1ccccc1)c1ccccc1)C(=O)NCC(=O)NC(C(=O)NC)c1ccccc1.Cc1ccc(C(NC(=O)C(N)c2ccccc2)c2ccc(C)cc2)cc1. The molecule has 3 atom stereocenters. The smallest absolute Gasteiger partial charge is 0.335 e. The lowest BCUT2D eigenvalue weighted by molar-refractivity contribution is -0.129. The molecule has 6 rings (SSSR count). The van der Waals surface area contributed by atoms with Gasteiger partial charge in [0, 0.05) is 7.05 Å². The van der Waals surface area contributed by atoms with Gasteiger partial charge in [-0.05, 0) is 53.6 Å². The van der Waals surface area contributed by atoms with Crippen molar-refractivity contribution in [2.24, 2.45) is 16.6 Å². The van der Waals surface area contributed by atoms with E-state index in [0.29, 0.717) is 18.4 Å². The number of carbonyl (C=O) groups excluding carboxylic acids is 5. The first kappa shape index (κ1) is 51.1. The molecule has 10 N–H and O–H groups in total. The van der Waals surface area contributed by atoms with Crippen LogP contribution in [0.5, 0.6) is 0 Å². The van der Waals surface area contributed by atoms with Crippen LogP contribution in [0.25, 0.3) is 0 Å². The Balaban J connectivity index is 0.000000283. The van der Waals surface area contributed by atoms with Crippen LogP contribution in [-0.4, -0.2) is 55.0 Å². The number of hydrazone groups is 1. The van der Waals surface area contributed by atoms with Gasteiger partial charge >= 0.3 is 6.03 Å². The summed E-state index contributed by atoms with van der Waals surface area (Å²) in [4.78, 5) is 63.8. The molecule has 0 heterocycles. The van der Waals surface area contributed by atoms with E-state index >= 15 is 0 Å². The fourth-order valence-corrected chi connectivity index (χ4v) is 7.15. The molecule has 0 bridgehead atoms. The van der Waals surface area contributed by atoms with E-state index in [4.69, 9.17) is 11.5 Å². The minimum absolute atomic E-state index is 0.137. The number of rotatable bonds is 18. The van der Waals surface area contributed by atoms with E-state index in [1.165, 1.54) is 18.2 Å². The summed E-state index contributed by atoms with van der Waals surface area (Å²) in [5.74, 6) is -1.91. The van der Waals surface area contributed by atoms with Crippen LogP contribution < -0.4 is 43.5 Å². The molecule has 14 nitrogen and oxygen atoms in total. The minimum Gasteiger partial charge on any atom is -0.357 e. The Bertz CT molecular complexity index is 2480. The van der Waals surface area contributed by atoms with E-state index in [1.807, 2.05) is 122 Å². The Kier molecular flexibility index (Phi) is 19.7. The first-order valence-electron chi connectivity index (χ1n) is 22.5. The number of benzene rings is 6. The Labute approximate surface area is 398 Å². The molecule has 0 radical (unpaired) electrons. The second-order valence-corrected chi connectivity index (χ2v) is 16.1. The molecule has 0 aliphatic rings. The van der Waals surface area contributed by atoms with Gasteiger partial charge in [0.2, 0.25) is 17.7 Å². The maximum absolute atomic E-state index is 13.0. The molecule has 352 valence electrons. The van der Waals surface area contributed by atoms with Gasteiger partial charge in [-0.1, -0.05) is 194 Å². The number of hydrogen-bond acceptors (Lipinski definition) is 8. The zero-order chi connectivity index (χ0) is 48.8. The number of nitrogens with two attached hydrogens (primary N) is 2. The molecule has 0 fully saturated rings. The van der Waals surface area contributed by atoms with Crippen molar-refractivity contribution in [3.8, 4) is 0 Å². The van der Waals surface area contributed by atoms with Gasteiger partial charge in [0.25, 0.3) is 5.91 Å². The maximum atomic E-state index is 13.0. The predicted octanol–water partition coefficient (Wildman–Crippen LogP) is 6.49. The van der Waals surface area contributed by atoms with Crippen molar-refractivity contribution in [2.45, 2.75) is 63.8 Å². The van der Waals surface area contributed by atoms with Gasteiger partial charge in [-0.3, -0.25) is 19.2 Å². The zero-order valence-corrected chi connectivity index (χ0v) is 38.8. The topological polar surface area (TPSA) is 222 Å². The van der Waals surface area contributed by atoms with Crippen LogP contribution in [0.15, 0.2) is 175 Å². The van der Waals surface area contributed by atoms with Gasteiger partial charge in [-0.15, -0.1) is 0 Å².